The molecule has 1 N–H and O–H groups in total. The van der Waals surface area contributed by atoms with Crippen molar-refractivity contribution in [3.05, 3.63) is 81.0 Å². The predicted molar refractivity (Wildman–Crippen MR) is 118 cm³/mol. The largest absolute Gasteiger partial charge is 0.337 e. The van der Waals surface area contributed by atoms with E-state index in [9.17, 15) is 13.2 Å². The van der Waals surface area contributed by atoms with Crippen LogP contribution in [0.1, 0.15) is 31.9 Å². The van der Waals surface area contributed by atoms with E-state index < -0.39 is 10.0 Å². The summed E-state index contributed by atoms with van der Waals surface area (Å²) >= 11 is 1.60. The summed E-state index contributed by atoms with van der Waals surface area (Å²) in [5.74, 6) is -0.218. The van der Waals surface area contributed by atoms with E-state index in [1.54, 1.807) is 54.5 Å². The zero-order chi connectivity index (χ0) is 21.2. The Morgan fingerprint density at radius 1 is 1.00 bits per heavy atom. The zero-order valence-corrected chi connectivity index (χ0v) is 18.5. The van der Waals surface area contributed by atoms with Gasteiger partial charge >= 0.3 is 0 Å². The molecule has 0 bridgehead atoms. The molecule has 0 fully saturated rings. The molecule has 1 aromatic heterocycles. The number of nitrogens with zero attached hydrogens (tertiary/aromatic N) is 1. The predicted octanol–water partition coefficient (Wildman–Crippen LogP) is 4.75. The maximum Gasteiger partial charge on any atom is 0.262 e. The molecule has 0 aliphatic heterocycles. The van der Waals surface area contributed by atoms with E-state index in [-0.39, 0.29) is 10.8 Å². The summed E-state index contributed by atoms with van der Waals surface area (Å²) in [7, 11) is -2.09. The van der Waals surface area contributed by atoms with Gasteiger partial charge in [-0.3, -0.25) is 9.52 Å². The summed E-state index contributed by atoms with van der Waals surface area (Å²) in [6.07, 6.45) is 0. The minimum atomic E-state index is -3.81. The number of hydrogen-bond donors (Lipinski definition) is 1. The molecule has 1 amide bonds. The SMILES string of the molecule is Cc1ccc(NS(=O)(=O)c2cc(C(=O)N(C)Cc3sccc3C)ccc2C)cc1. The third-order valence-electron chi connectivity index (χ3n) is 4.72. The summed E-state index contributed by atoms with van der Waals surface area (Å²) in [4.78, 5) is 15.7. The number of anilines is 1. The molecule has 3 aromatic rings. The number of thiophene rings is 1. The molecule has 0 radical (unpaired) electrons. The minimum Gasteiger partial charge on any atom is -0.337 e. The Labute approximate surface area is 176 Å². The zero-order valence-electron chi connectivity index (χ0n) is 16.9. The summed E-state index contributed by atoms with van der Waals surface area (Å²) in [5, 5.41) is 2.00. The Morgan fingerprint density at radius 3 is 2.31 bits per heavy atom. The van der Waals surface area contributed by atoms with E-state index in [2.05, 4.69) is 4.72 Å². The average Bonchev–Trinajstić information content (AvgIpc) is 3.07. The van der Waals surface area contributed by atoms with Gasteiger partial charge in [0.2, 0.25) is 0 Å². The highest BCUT2D eigenvalue weighted by atomic mass is 32.2. The molecule has 0 saturated heterocycles. The molecule has 7 heteroatoms. The van der Waals surface area contributed by atoms with E-state index in [4.69, 9.17) is 0 Å². The molecule has 0 atom stereocenters. The second kappa shape index (κ2) is 8.39. The molecule has 1 heterocycles. The summed E-state index contributed by atoms with van der Waals surface area (Å²) in [6.45, 7) is 6.15. The Balaban J connectivity index is 1.85. The fourth-order valence-electron chi connectivity index (χ4n) is 2.93. The highest BCUT2D eigenvalue weighted by Gasteiger charge is 2.21. The van der Waals surface area contributed by atoms with Crippen LogP contribution in [0.25, 0.3) is 0 Å². The molecular weight excluding hydrogens is 404 g/mol. The van der Waals surface area contributed by atoms with Crippen molar-refractivity contribution in [2.75, 3.05) is 11.8 Å². The van der Waals surface area contributed by atoms with Crippen molar-refractivity contribution < 1.29 is 13.2 Å². The lowest BCUT2D eigenvalue weighted by molar-refractivity contribution is 0.0786. The Bertz CT molecular complexity index is 1130. The fourth-order valence-corrected chi connectivity index (χ4v) is 5.22. The molecule has 0 aliphatic rings. The van der Waals surface area contributed by atoms with Crippen LogP contribution in [0.15, 0.2) is 58.8 Å². The molecular formula is C22H24N2O3S2. The number of rotatable bonds is 6. The van der Waals surface area contributed by atoms with Crippen molar-refractivity contribution >= 4 is 33.0 Å². The van der Waals surface area contributed by atoms with Crippen molar-refractivity contribution in [3.8, 4) is 0 Å². The lowest BCUT2D eigenvalue weighted by atomic mass is 10.1. The number of sulfonamides is 1. The third kappa shape index (κ3) is 4.86. The standard InChI is InChI=1S/C22H24N2O3S2/c1-15-5-9-19(10-6-15)23-29(26,27)21-13-18(8-7-17(21)3)22(25)24(4)14-20-16(2)11-12-28-20/h5-13,23H,14H2,1-4H3. The second-order valence-corrected chi connectivity index (χ2v) is 9.79. The van der Waals surface area contributed by atoms with Gasteiger partial charge in [-0.05, 0) is 67.6 Å². The van der Waals surface area contributed by atoms with Crippen LogP contribution >= 0.6 is 11.3 Å². The van der Waals surface area contributed by atoms with Crippen LogP contribution in [-0.4, -0.2) is 26.3 Å². The lowest BCUT2D eigenvalue weighted by Crippen LogP contribution is -2.26. The Kier molecular flexibility index (Phi) is 6.10. The number of nitrogens with one attached hydrogen (secondary N) is 1. The number of carbonyl (C=O) groups excluding carboxylic acids is 1. The molecule has 29 heavy (non-hydrogen) atoms. The maximum absolute atomic E-state index is 12.9. The van der Waals surface area contributed by atoms with Gasteiger partial charge in [-0.1, -0.05) is 23.8 Å². The summed E-state index contributed by atoms with van der Waals surface area (Å²) in [6, 6.07) is 13.9. The van der Waals surface area contributed by atoms with Crippen molar-refractivity contribution in [2.24, 2.45) is 0 Å². The molecule has 0 aliphatic carbocycles. The van der Waals surface area contributed by atoms with Crippen LogP contribution in [0.2, 0.25) is 0 Å². The normalized spacial score (nSPS) is 11.3. The number of benzene rings is 2. The van der Waals surface area contributed by atoms with E-state index in [0.29, 0.717) is 23.4 Å². The van der Waals surface area contributed by atoms with Crippen LogP contribution in [0, 0.1) is 20.8 Å². The summed E-state index contributed by atoms with van der Waals surface area (Å²) < 4.78 is 28.4. The van der Waals surface area contributed by atoms with Crippen molar-refractivity contribution in [1.82, 2.24) is 4.90 Å². The molecule has 5 nitrogen and oxygen atoms in total. The first-order valence-corrected chi connectivity index (χ1v) is 11.5. The molecule has 152 valence electrons. The summed E-state index contributed by atoms with van der Waals surface area (Å²) in [5.41, 5.74) is 3.59. The highest BCUT2D eigenvalue weighted by molar-refractivity contribution is 7.92. The van der Waals surface area contributed by atoms with Crippen LogP contribution in [0.4, 0.5) is 5.69 Å². The Hall–Kier alpha value is -2.64. The van der Waals surface area contributed by atoms with Crippen molar-refractivity contribution in [3.63, 3.8) is 0 Å². The van der Waals surface area contributed by atoms with Gasteiger partial charge in [0.1, 0.15) is 0 Å². The van der Waals surface area contributed by atoms with Gasteiger partial charge < -0.3 is 4.90 Å². The fraction of sp³-hybridized carbons (Fsp3) is 0.227. The molecule has 3 rings (SSSR count). The van der Waals surface area contributed by atoms with Gasteiger partial charge in [-0.25, -0.2) is 8.42 Å². The van der Waals surface area contributed by atoms with E-state index in [1.807, 2.05) is 37.4 Å². The van der Waals surface area contributed by atoms with Gasteiger partial charge in [-0.15, -0.1) is 11.3 Å². The lowest BCUT2D eigenvalue weighted by Gasteiger charge is -2.18. The number of hydrogen-bond acceptors (Lipinski definition) is 4. The molecule has 0 spiro atoms. The topological polar surface area (TPSA) is 66.5 Å². The highest BCUT2D eigenvalue weighted by Crippen LogP contribution is 2.23. The van der Waals surface area contributed by atoms with Gasteiger partial charge in [0.15, 0.2) is 0 Å². The Morgan fingerprint density at radius 2 is 1.69 bits per heavy atom. The van der Waals surface area contributed by atoms with Gasteiger partial charge in [-0.2, -0.15) is 0 Å². The number of carbonyl (C=O) groups is 1. The molecule has 0 saturated carbocycles. The first-order valence-electron chi connectivity index (χ1n) is 9.16. The van der Waals surface area contributed by atoms with Crippen LogP contribution in [0.5, 0.6) is 0 Å². The van der Waals surface area contributed by atoms with Crippen molar-refractivity contribution in [2.45, 2.75) is 32.2 Å². The van der Waals surface area contributed by atoms with Crippen molar-refractivity contribution in [1.29, 1.82) is 0 Å². The average molecular weight is 429 g/mol. The van der Waals surface area contributed by atoms with E-state index in [0.717, 1.165) is 16.0 Å². The third-order valence-corrected chi connectivity index (χ3v) is 7.26. The van der Waals surface area contributed by atoms with Crippen LogP contribution < -0.4 is 4.72 Å². The van der Waals surface area contributed by atoms with E-state index in [1.165, 1.54) is 6.07 Å². The quantitative estimate of drug-likeness (QED) is 0.616. The van der Waals surface area contributed by atoms with Gasteiger partial charge in [0.25, 0.3) is 15.9 Å². The first kappa shape index (κ1) is 21.1. The minimum absolute atomic E-state index is 0.102. The van der Waals surface area contributed by atoms with Gasteiger partial charge in [0.05, 0.1) is 11.4 Å². The number of aryl methyl sites for hydroxylation is 3. The van der Waals surface area contributed by atoms with Crippen LogP contribution in [0.3, 0.4) is 0 Å². The number of amides is 1. The maximum atomic E-state index is 12.9. The molecule has 2 aromatic carbocycles. The van der Waals surface area contributed by atoms with Crippen LogP contribution in [-0.2, 0) is 16.6 Å². The van der Waals surface area contributed by atoms with E-state index >= 15 is 0 Å². The monoisotopic (exact) mass is 428 g/mol. The smallest absolute Gasteiger partial charge is 0.262 e. The first-order chi connectivity index (χ1) is 13.7. The second-order valence-electron chi connectivity index (χ2n) is 7.14. The molecule has 0 unspecified atom stereocenters. The van der Waals surface area contributed by atoms with Gasteiger partial charge in [0, 0.05) is 23.2 Å².